The van der Waals surface area contributed by atoms with Gasteiger partial charge in [0.25, 0.3) is 0 Å². The second-order valence-corrected chi connectivity index (χ2v) is 10.0. The van der Waals surface area contributed by atoms with Gasteiger partial charge in [-0.2, -0.15) is 0 Å². The molecule has 1 heterocycles. The third kappa shape index (κ3) is 7.25. The van der Waals surface area contributed by atoms with Gasteiger partial charge in [0.1, 0.15) is 5.84 Å². The van der Waals surface area contributed by atoms with E-state index in [4.69, 9.17) is 15.9 Å². The lowest BCUT2D eigenvalue weighted by molar-refractivity contribution is -0.147. The van der Waals surface area contributed by atoms with Gasteiger partial charge >= 0.3 is 5.97 Å². The second kappa shape index (κ2) is 13.5. The van der Waals surface area contributed by atoms with Crippen LogP contribution in [0.2, 0.25) is 0 Å². The summed E-state index contributed by atoms with van der Waals surface area (Å²) in [6.45, 7) is 2.37. The number of nitrogens with two attached hydrogens (primary N) is 1. The number of ether oxygens (including phenoxy) is 1. The molecule has 2 fully saturated rings. The number of nitrogens with zero attached hydrogens (tertiary/aromatic N) is 2. The Hall–Kier alpha value is -3.06. The van der Waals surface area contributed by atoms with Gasteiger partial charge in [-0.3, -0.25) is 15.0 Å². The molecule has 37 heavy (non-hydrogen) atoms. The molecule has 0 unspecified atom stereocenters. The van der Waals surface area contributed by atoms with E-state index in [1.54, 1.807) is 0 Å². The van der Waals surface area contributed by atoms with Crippen molar-refractivity contribution >= 4 is 35.8 Å². The Bertz CT molecular complexity index is 1030. The van der Waals surface area contributed by atoms with Crippen molar-refractivity contribution in [2.24, 2.45) is 17.6 Å². The predicted molar refractivity (Wildman–Crippen MR) is 149 cm³/mol. The normalized spacial score (nSPS) is 20.0. The Balaban J connectivity index is 0.00000380. The SMILES string of the molecule is COC(=O)[C@H]1CC[C@H](N(CCc2ccccc2)C(=O)C2CCN(c3ccc(C(=N)N)cc3)CC2)CC1.Cl. The number of anilines is 1. The number of hydrogen-bond donors (Lipinski definition) is 2. The van der Waals surface area contributed by atoms with Crippen molar-refractivity contribution in [1.29, 1.82) is 5.41 Å². The third-order valence-corrected chi connectivity index (χ3v) is 7.83. The molecule has 0 aromatic heterocycles. The number of esters is 1. The van der Waals surface area contributed by atoms with Crippen molar-refractivity contribution in [2.75, 3.05) is 31.6 Å². The van der Waals surface area contributed by atoms with Gasteiger partial charge in [-0.25, -0.2) is 0 Å². The molecule has 7 nitrogen and oxygen atoms in total. The highest BCUT2D eigenvalue weighted by Crippen LogP contribution is 2.31. The topological polar surface area (TPSA) is 99.7 Å². The van der Waals surface area contributed by atoms with E-state index in [2.05, 4.69) is 21.9 Å². The summed E-state index contributed by atoms with van der Waals surface area (Å²) in [6, 6.07) is 18.3. The fourth-order valence-corrected chi connectivity index (χ4v) is 5.63. The predicted octanol–water partition coefficient (Wildman–Crippen LogP) is 4.41. The van der Waals surface area contributed by atoms with E-state index >= 15 is 0 Å². The Morgan fingerprint density at radius 1 is 0.946 bits per heavy atom. The maximum Gasteiger partial charge on any atom is 0.308 e. The molecule has 2 aromatic carbocycles. The zero-order valence-corrected chi connectivity index (χ0v) is 22.4. The van der Waals surface area contributed by atoms with Crippen molar-refractivity contribution < 1.29 is 14.3 Å². The lowest BCUT2D eigenvalue weighted by atomic mass is 9.84. The van der Waals surface area contributed by atoms with E-state index in [9.17, 15) is 9.59 Å². The number of amidine groups is 1. The molecule has 0 bridgehead atoms. The summed E-state index contributed by atoms with van der Waals surface area (Å²) in [5, 5.41) is 7.58. The van der Waals surface area contributed by atoms with Crippen LogP contribution in [-0.4, -0.2) is 55.4 Å². The summed E-state index contributed by atoms with van der Waals surface area (Å²) in [5.74, 6) is 0.183. The first-order chi connectivity index (χ1) is 17.5. The Labute approximate surface area is 226 Å². The second-order valence-electron chi connectivity index (χ2n) is 10.0. The zero-order chi connectivity index (χ0) is 25.5. The van der Waals surface area contributed by atoms with Crippen LogP contribution in [0.25, 0.3) is 0 Å². The number of rotatable bonds is 8. The van der Waals surface area contributed by atoms with Gasteiger partial charge in [-0.15, -0.1) is 12.4 Å². The number of benzene rings is 2. The average Bonchev–Trinajstić information content (AvgIpc) is 2.93. The van der Waals surface area contributed by atoms with Crippen LogP contribution in [0.3, 0.4) is 0 Å². The monoisotopic (exact) mass is 526 g/mol. The van der Waals surface area contributed by atoms with Crippen molar-refractivity contribution in [3.63, 3.8) is 0 Å². The lowest BCUT2D eigenvalue weighted by Gasteiger charge is -2.40. The first kappa shape index (κ1) is 28.5. The van der Waals surface area contributed by atoms with E-state index in [-0.39, 0.29) is 48.0 Å². The van der Waals surface area contributed by atoms with Crippen LogP contribution in [0.1, 0.15) is 49.7 Å². The number of halogens is 1. The largest absolute Gasteiger partial charge is 0.469 e. The molecular weight excluding hydrogens is 488 g/mol. The molecule has 1 saturated carbocycles. The fraction of sp³-hybridized carbons (Fsp3) is 0.483. The smallest absolute Gasteiger partial charge is 0.308 e. The van der Waals surface area contributed by atoms with Gasteiger partial charge in [-0.1, -0.05) is 30.3 Å². The van der Waals surface area contributed by atoms with Crippen LogP contribution in [0.4, 0.5) is 5.69 Å². The molecule has 2 aromatic rings. The van der Waals surface area contributed by atoms with E-state index < -0.39 is 0 Å². The molecular formula is C29H39ClN4O3. The Morgan fingerprint density at radius 3 is 2.14 bits per heavy atom. The molecule has 1 aliphatic heterocycles. The molecule has 1 amide bonds. The summed E-state index contributed by atoms with van der Waals surface area (Å²) < 4.78 is 4.96. The lowest BCUT2D eigenvalue weighted by Crippen LogP contribution is -2.49. The van der Waals surface area contributed by atoms with Crippen LogP contribution >= 0.6 is 12.4 Å². The van der Waals surface area contributed by atoms with E-state index in [0.29, 0.717) is 6.54 Å². The fourth-order valence-electron chi connectivity index (χ4n) is 5.63. The maximum atomic E-state index is 13.8. The highest BCUT2D eigenvalue weighted by molar-refractivity contribution is 5.95. The molecule has 4 rings (SSSR count). The summed E-state index contributed by atoms with van der Waals surface area (Å²) >= 11 is 0. The van der Waals surface area contributed by atoms with Crippen molar-refractivity contribution in [2.45, 2.75) is 51.0 Å². The summed E-state index contributed by atoms with van der Waals surface area (Å²) in [5.41, 5.74) is 8.64. The standard InChI is InChI=1S/C29H38N4O3.ClH/c1-36-29(35)24-9-13-26(14-10-24)33(20-15-21-5-3-2-4-6-21)28(34)23-16-18-32(19-17-23)25-11-7-22(8-12-25)27(30)31;/h2-8,11-12,23-24,26H,9-10,13-20H2,1H3,(H3,30,31);1H/t24-,26-;. The molecule has 0 atom stereocenters. The number of nitrogens with one attached hydrogen (secondary N) is 1. The molecule has 0 radical (unpaired) electrons. The summed E-state index contributed by atoms with van der Waals surface area (Å²) in [7, 11) is 1.45. The third-order valence-electron chi connectivity index (χ3n) is 7.83. The molecule has 1 saturated heterocycles. The van der Waals surface area contributed by atoms with Gasteiger partial charge in [0.15, 0.2) is 0 Å². The Kier molecular flexibility index (Phi) is 10.4. The first-order valence-electron chi connectivity index (χ1n) is 13.1. The van der Waals surface area contributed by atoms with E-state index in [1.165, 1.54) is 12.7 Å². The summed E-state index contributed by atoms with van der Waals surface area (Å²) in [4.78, 5) is 30.3. The van der Waals surface area contributed by atoms with E-state index in [1.807, 2.05) is 42.5 Å². The minimum absolute atomic E-state index is 0. The van der Waals surface area contributed by atoms with Gasteiger partial charge in [-0.05, 0) is 74.8 Å². The van der Waals surface area contributed by atoms with Crippen LogP contribution < -0.4 is 10.6 Å². The van der Waals surface area contributed by atoms with Crippen molar-refractivity contribution in [3.8, 4) is 0 Å². The number of piperidine rings is 1. The van der Waals surface area contributed by atoms with Crippen molar-refractivity contribution in [1.82, 2.24) is 4.90 Å². The molecule has 2 aliphatic rings. The number of amides is 1. The number of methoxy groups -OCH3 is 1. The highest BCUT2D eigenvalue weighted by atomic mass is 35.5. The Morgan fingerprint density at radius 2 is 1.57 bits per heavy atom. The van der Waals surface area contributed by atoms with E-state index in [0.717, 1.165) is 69.3 Å². The van der Waals surface area contributed by atoms with Crippen LogP contribution in [0, 0.1) is 17.2 Å². The van der Waals surface area contributed by atoms with Crippen LogP contribution in [-0.2, 0) is 20.7 Å². The molecule has 3 N–H and O–H groups in total. The number of hydrogen-bond acceptors (Lipinski definition) is 5. The average molecular weight is 527 g/mol. The molecule has 8 heteroatoms. The highest BCUT2D eigenvalue weighted by Gasteiger charge is 2.35. The maximum absolute atomic E-state index is 13.8. The minimum atomic E-state index is -0.126. The zero-order valence-electron chi connectivity index (χ0n) is 21.6. The number of carbonyl (C=O) groups is 2. The number of nitrogen functional groups attached to an aromatic ring is 1. The molecule has 0 spiro atoms. The quantitative estimate of drug-likeness (QED) is 0.301. The van der Waals surface area contributed by atoms with Gasteiger partial charge in [0.05, 0.1) is 13.0 Å². The van der Waals surface area contributed by atoms with Crippen LogP contribution in [0.15, 0.2) is 54.6 Å². The van der Waals surface area contributed by atoms with Crippen LogP contribution in [0.5, 0.6) is 0 Å². The molecule has 200 valence electrons. The van der Waals surface area contributed by atoms with Gasteiger partial charge in [0.2, 0.25) is 5.91 Å². The number of carbonyl (C=O) groups excluding carboxylic acids is 2. The van der Waals surface area contributed by atoms with Gasteiger partial charge < -0.3 is 20.3 Å². The molecule has 1 aliphatic carbocycles. The minimum Gasteiger partial charge on any atom is -0.469 e. The first-order valence-corrected chi connectivity index (χ1v) is 13.1. The van der Waals surface area contributed by atoms with Crippen molar-refractivity contribution in [3.05, 3.63) is 65.7 Å². The van der Waals surface area contributed by atoms with Gasteiger partial charge in [0, 0.05) is 42.8 Å². The summed E-state index contributed by atoms with van der Waals surface area (Å²) in [6.07, 6.45) is 5.75.